The second-order valence-electron chi connectivity index (χ2n) is 4.74. The van der Waals surface area contributed by atoms with Crippen LogP contribution in [0.1, 0.15) is 26.2 Å². The first-order chi connectivity index (χ1) is 8.29. The smallest absolute Gasteiger partial charge is 0.0486 e. The van der Waals surface area contributed by atoms with Gasteiger partial charge in [0.15, 0.2) is 0 Å². The molecule has 0 aromatic heterocycles. The van der Waals surface area contributed by atoms with E-state index in [-0.39, 0.29) is 0 Å². The van der Waals surface area contributed by atoms with E-state index in [9.17, 15) is 0 Å². The van der Waals surface area contributed by atoms with Crippen molar-refractivity contribution in [2.45, 2.75) is 32.2 Å². The number of piperidine rings is 1. The number of halogens is 1. The van der Waals surface area contributed by atoms with Gasteiger partial charge in [0.05, 0.1) is 0 Å². The molecule has 0 aliphatic carbocycles. The average Bonchev–Trinajstić information content (AvgIpc) is 2.35. The monoisotopic (exact) mass is 296 g/mol. The van der Waals surface area contributed by atoms with Crippen molar-refractivity contribution in [1.29, 1.82) is 0 Å². The average molecular weight is 297 g/mol. The molecule has 0 spiro atoms. The van der Waals surface area contributed by atoms with E-state index in [0.717, 1.165) is 4.47 Å². The lowest BCUT2D eigenvalue weighted by molar-refractivity contribution is 0.219. The summed E-state index contributed by atoms with van der Waals surface area (Å²) in [6.45, 7) is 5.97. The number of anilines is 1. The molecule has 1 saturated heterocycles. The Morgan fingerprint density at radius 1 is 1.29 bits per heavy atom. The largest absolute Gasteiger partial charge is 0.381 e. The van der Waals surface area contributed by atoms with Gasteiger partial charge in [0.2, 0.25) is 0 Å². The maximum Gasteiger partial charge on any atom is 0.0486 e. The summed E-state index contributed by atoms with van der Waals surface area (Å²) in [7, 11) is 0. The Kier molecular flexibility index (Phi) is 4.86. The van der Waals surface area contributed by atoms with Crippen molar-refractivity contribution in [3.8, 4) is 0 Å². The maximum atomic E-state index is 3.64. The number of nitrogens with zero attached hydrogens (tertiary/aromatic N) is 1. The minimum absolute atomic E-state index is 0.627. The van der Waals surface area contributed by atoms with Gasteiger partial charge in [-0.15, -0.1) is 0 Å². The third-order valence-corrected chi connectivity index (χ3v) is 4.05. The van der Waals surface area contributed by atoms with Crippen LogP contribution in [0.4, 0.5) is 5.69 Å². The topological polar surface area (TPSA) is 15.3 Å². The summed E-state index contributed by atoms with van der Waals surface area (Å²) in [5.74, 6) is 0. The summed E-state index contributed by atoms with van der Waals surface area (Å²) in [6, 6.07) is 9.00. The molecule has 0 atom stereocenters. The predicted molar refractivity (Wildman–Crippen MR) is 77.5 cm³/mol. The molecule has 2 rings (SSSR count). The van der Waals surface area contributed by atoms with Crippen LogP contribution in [0, 0.1) is 0 Å². The minimum Gasteiger partial charge on any atom is -0.381 e. The van der Waals surface area contributed by atoms with Crippen molar-refractivity contribution in [2.75, 3.05) is 25.0 Å². The molecule has 3 heteroatoms. The van der Waals surface area contributed by atoms with E-state index in [1.165, 1.54) is 44.6 Å². The lowest BCUT2D eigenvalue weighted by atomic mass is 10.0. The van der Waals surface area contributed by atoms with Gasteiger partial charge in [0, 0.05) is 29.3 Å². The second-order valence-corrected chi connectivity index (χ2v) is 5.59. The molecular formula is C14H21BrN2. The second kappa shape index (κ2) is 6.41. The van der Waals surface area contributed by atoms with Crippen LogP contribution in [0.3, 0.4) is 0 Å². The molecule has 1 aliphatic heterocycles. The van der Waals surface area contributed by atoms with Gasteiger partial charge in [-0.2, -0.15) is 0 Å². The fourth-order valence-electron chi connectivity index (χ4n) is 2.42. The normalized spacial score (nSPS) is 18.2. The van der Waals surface area contributed by atoms with Crippen molar-refractivity contribution in [3.63, 3.8) is 0 Å². The SMILES string of the molecule is CCCN1CCC(Nc2ccccc2Br)CC1. The Balaban J connectivity index is 1.84. The van der Waals surface area contributed by atoms with Crippen LogP contribution in [-0.4, -0.2) is 30.6 Å². The Labute approximate surface area is 113 Å². The number of likely N-dealkylation sites (tertiary alicyclic amines) is 1. The summed E-state index contributed by atoms with van der Waals surface area (Å²) in [6.07, 6.45) is 3.77. The van der Waals surface area contributed by atoms with Crippen LogP contribution in [0.5, 0.6) is 0 Å². The molecule has 1 heterocycles. The Hall–Kier alpha value is -0.540. The van der Waals surface area contributed by atoms with Crippen molar-refractivity contribution in [2.24, 2.45) is 0 Å². The van der Waals surface area contributed by atoms with Gasteiger partial charge in [-0.1, -0.05) is 19.1 Å². The molecule has 1 N–H and O–H groups in total. The van der Waals surface area contributed by atoms with Crippen LogP contribution in [0.2, 0.25) is 0 Å². The Morgan fingerprint density at radius 2 is 2.00 bits per heavy atom. The molecule has 0 saturated carbocycles. The summed E-state index contributed by atoms with van der Waals surface area (Å²) >= 11 is 3.59. The number of nitrogens with one attached hydrogen (secondary N) is 1. The van der Waals surface area contributed by atoms with Crippen molar-refractivity contribution in [1.82, 2.24) is 4.90 Å². The van der Waals surface area contributed by atoms with E-state index >= 15 is 0 Å². The highest BCUT2D eigenvalue weighted by Crippen LogP contribution is 2.24. The molecular weight excluding hydrogens is 276 g/mol. The number of hydrogen-bond acceptors (Lipinski definition) is 2. The first-order valence-electron chi connectivity index (χ1n) is 6.53. The molecule has 1 aromatic carbocycles. The molecule has 17 heavy (non-hydrogen) atoms. The van der Waals surface area contributed by atoms with Crippen LogP contribution >= 0.6 is 15.9 Å². The van der Waals surface area contributed by atoms with Gasteiger partial charge in [-0.05, 0) is 53.9 Å². The fourth-order valence-corrected chi connectivity index (χ4v) is 2.81. The number of benzene rings is 1. The van der Waals surface area contributed by atoms with Crippen LogP contribution in [0.25, 0.3) is 0 Å². The molecule has 2 nitrogen and oxygen atoms in total. The van der Waals surface area contributed by atoms with E-state index in [4.69, 9.17) is 0 Å². The predicted octanol–water partition coefficient (Wildman–Crippen LogP) is 3.74. The molecule has 94 valence electrons. The third kappa shape index (κ3) is 3.71. The first kappa shape index (κ1) is 12.9. The van der Waals surface area contributed by atoms with E-state index < -0.39 is 0 Å². The summed E-state index contributed by atoms with van der Waals surface area (Å²) in [4.78, 5) is 2.57. The number of para-hydroxylation sites is 1. The van der Waals surface area contributed by atoms with Crippen LogP contribution in [0.15, 0.2) is 28.7 Å². The first-order valence-corrected chi connectivity index (χ1v) is 7.32. The van der Waals surface area contributed by atoms with Gasteiger partial charge in [0.1, 0.15) is 0 Å². The number of rotatable bonds is 4. The Bertz CT molecular complexity index is 346. The lowest BCUT2D eigenvalue weighted by Gasteiger charge is -2.32. The standard InChI is InChI=1S/C14H21BrN2/c1-2-9-17-10-7-12(8-11-17)16-14-6-4-3-5-13(14)15/h3-6,12,16H,2,7-11H2,1H3. The van der Waals surface area contributed by atoms with Gasteiger partial charge in [-0.25, -0.2) is 0 Å². The molecule has 1 aliphatic rings. The molecule has 0 amide bonds. The van der Waals surface area contributed by atoms with Gasteiger partial charge in [-0.3, -0.25) is 0 Å². The summed E-state index contributed by atoms with van der Waals surface area (Å²) in [5.41, 5.74) is 1.22. The summed E-state index contributed by atoms with van der Waals surface area (Å²) < 4.78 is 1.16. The van der Waals surface area contributed by atoms with E-state index in [1.807, 2.05) is 0 Å². The van der Waals surface area contributed by atoms with E-state index in [0.29, 0.717) is 6.04 Å². The highest BCUT2D eigenvalue weighted by atomic mass is 79.9. The fraction of sp³-hybridized carbons (Fsp3) is 0.571. The minimum atomic E-state index is 0.627. The van der Waals surface area contributed by atoms with Crippen LogP contribution in [-0.2, 0) is 0 Å². The zero-order valence-electron chi connectivity index (χ0n) is 10.5. The van der Waals surface area contributed by atoms with Crippen LogP contribution < -0.4 is 5.32 Å². The van der Waals surface area contributed by atoms with Gasteiger partial charge in [0.25, 0.3) is 0 Å². The molecule has 1 aromatic rings. The highest BCUT2D eigenvalue weighted by Gasteiger charge is 2.18. The number of hydrogen-bond donors (Lipinski definition) is 1. The summed E-state index contributed by atoms with van der Waals surface area (Å²) in [5, 5.41) is 3.64. The molecule has 1 fully saturated rings. The molecule has 0 bridgehead atoms. The van der Waals surface area contributed by atoms with E-state index in [1.54, 1.807) is 0 Å². The van der Waals surface area contributed by atoms with Gasteiger partial charge < -0.3 is 10.2 Å². The highest BCUT2D eigenvalue weighted by molar-refractivity contribution is 9.10. The van der Waals surface area contributed by atoms with Gasteiger partial charge >= 0.3 is 0 Å². The zero-order chi connectivity index (χ0) is 12.1. The quantitative estimate of drug-likeness (QED) is 0.911. The van der Waals surface area contributed by atoms with Crippen molar-refractivity contribution in [3.05, 3.63) is 28.7 Å². The maximum absolute atomic E-state index is 3.64. The molecule has 0 unspecified atom stereocenters. The third-order valence-electron chi connectivity index (χ3n) is 3.36. The molecule has 0 radical (unpaired) electrons. The zero-order valence-corrected chi connectivity index (χ0v) is 12.0. The van der Waals surface area contributed by atoms with Crippen molar-refractivity contribution < 1.29 is 0 Å². The van der Waals surface area contributed by atoms with Crippen molar-refractivity contribution >= 4 is 21.6 Å². The Morgan fingerprint density at radius 3 is 2.65 bits per heavy atom. The van der Waals surface area contributed by atoms with E-state index in [2.05, 4.69) is 57.3 Å². The lowest BCUT2D eigenvalue weighted by Crippen LogP contribution is -2.39.